The van der Waals surface area contributed by atoms with Crippen LogP contribution in [0.5, 0.6) is 0 Å². The predicted molar refractivity (Wildman–Crippen MR) is 73.8 cm³/mol. The summed E-state index contributed by atoms with van der Waals surface area (Å²) in [4.78, 5) is 22.8. The highest BCUT2D eigenvalue weighted by Crippen LogP contribution is 2.36. The van der Waals surface area contributed by atoms with Gasteiger partial charge >= 0.3 is 0 Å². The minimum atomic E-state index is -0.420. The number of nitrogens with zero attached hydrogens (tertiary/aromatic N) is 1. The second-order valence-electron chi connectivity index (χ2n) is 3.99. The van der Waals surface area contributed by atoms with E-state index in [2.05, 4.69) is 0 Å². The number of aldehydes is 1. The summed E-state index contributed by atoms with van der Waals surface area (Å²) < 4.78 is 0. The quantitative estimate of drug-likeness (QED) is 0.482. The SMILES string of the molecule is Cc1ccc(Sc2ccccc2[N+](=O)[O-])c(C=O)c1. The maximum atomic E-state index is 11.0. The van der Waals surface area contributed by atoms with E-state index in [4.69, 9.17) is 0 Å². The summed E-state index contributed by atoms with van der Waals surface area (Å²) in [5, 5.41) is 10.9. The van der Waals surface area contributed by atoms with E-state index in [1.54, 1.807) is 30.3 Å². The van der Waals surface area contributed by atoms with Crippen LogP contribution in [0.25, 0.3) is 0 Å². The van der Waals surface area contributed by atoms with Crippen LogP contribution in [0.3, 0.4) is 0 Å². The molecule has 0 aromatic heterocycles. The molecule has 0 bridgehead atoms. The molecule has 0 saturated carbocycles. The zero-order chi connectivity index (χ0) is 13.8. The maximum Gasteiger partial charge on any atom is 0.283 e. The van der Waals surface area contributed by atoms with E-state index in [0.717, 1.165) is 16.7 Å². The lowest BCUT2D eigenvalue weighted by atomic mass is 10.2. The van der Waals surface area contributed by atoms with Crippen molar-refractivity contribution in [2.24, 2.45) is 0 Å². The van der Waals surface area contributed by atoms with Gasteiger partial charge in [0.25, 0.3) is 5.69 Å². The zero-order valence-corrected chi connectivity index (χ0v) is 11.0. The van der Waals surface area contributed by atoms with Gasteiger partial charge < -0.3 is 0 Å². The van der Waals surface area contributed by atoms with Crippen molar-refractivity contribution in [1.29, 1.82) is 0 Å². The Balaban J connectivity index is 2.42. The number of benzene rings is 2. The molecule has 19 heavy (non-hydrogen) atoms. The van der Waals surface area contributed by atoms with Gasteiger partial charge in [0.15, 0.2) is 6.29 Å². The molecule has 0 aliphatic carbocycles. The Hall–Kier alpha value is -2.14. The Labute approximate surface area is 114 Å². The second-order valence-corrected chi connectivity index (χ2v) is 5.07. The Morgan fingerprint density at radius 2 is 1.89 bits per heavy atom. The number of aryl methyl sites for hydroxylation is 1. The molecule has 4 nitrogen and oxygen atoms in total. The van der Waals surface area contributed by atoms with Crippen molar-refractivity contribution in [3.63, 3.8) is 0 Å². The summed E-state index contributed by atoms with van der Waals surface area (Å²) in [5.74, 6) is 0. The fourth-order valence-electron chi connectivity index (χ4n) is 1.67. The van der Waals surface area contributed by atoms with Crippen LogP contribution in [0.4, 0.5) is 5.69 Å². The average molecular weight is 273 g/mol. The summed E-state index contributed by atoms with van der Waals surface area (Å²) in [7, 11) is 0. The van der Waals surface area contributed by atoms with Crippen LogP contribution in [-0.4, -0.2) is 11.2 Å². The van der Waals surface area contributed by atoms with Crippen LogP contribution in [0.1, 0.15) is 15.9 Å². The average Bonchev–Trinajstić information content (AvgIpc) is 2.41. The van der Waals surface area contributed by atoms with Crippen molar-refractivity contribution < 1.29 is 9.72 Å². The molecule has 0 unspecified atom stereocenters. The Morgan fingerprint density at radius 1 is 1.16 bits per heavy atom. The van der Waals surface area contributed by atoms with Crippen molar-refractivity contribution in [2.75, 3.05) is 0 Å². The first-order valence-electron chi connectivity index (χ1n) is 5.59. The van der Waals surface area contributed by atoms with Crippen LogP contribution < -0.4 is 0 Å². The van der Waals surface area contributed by atoms with Gasteiger partial charge in [0.1, 0.15) is 0 Å². The first-order valence-corrected chi connectivity index (χ1v) is 6.40. The minimum absolute atomic E-state index is 0.0462. The molecule has 96 valence electrons. The Bertz CT molecular complexity index is 640. The molecule has 0 aliphatic rings. The van der Waals surface area contributed by atoms with Crippen molar-refractivity contribution in [3.05, 3.63) is 63.7 Å². The van der Waals surface area contributed by atoms with Crippen LogP contribution in [-0.2, 0) is 0 Å². The lowest BCUT2D eigenvalue weighted by molar-refractivity contribution is -0.387. The van der Waals surface area contributed by atoms with Gasteiger partial charge in [-0.25, -0.2) is 0 Å². The van der Waals surface area contributed by atoms with Crippen molar-refractivity contribution in [2.45, 2.75) is 16.7 Å². The smallest absolute Gasteiger partial charge is 0.283 e. The molecule has 2 aromatic carbocycles. The summed E-state index contributed by atoms with van der Waals surface area (Å²) in [5.41, 5.74) is 1.57. The fourth-order valence-corrected chi connectivity index (χ4v) is 2.66. The highest BCUT2D eigenvalue weighted by molar-refractivity contribution is 7.99. The van der Waals surface area contributed by atoms with Crippen molar-refractivity contribution >= 4 is 23.7 Å². The van der Waals surface area contributed by atoms with Gasteiger partial charge in [-0.2, -0.15) is 0 Å². The van der Waals surface area contributed by atoms with E-state index in [9.17, 15) is 14.9 Å². The molecule has 0 spiro atoms. The summed E-state index contributed by atoms with van der Waals surface area (Å²) in [6.07, 6.45) is 0.768. The molecule has 0 atom stereocenters. The number of para-hydroxylation sites is 1. The van der Waals surface area contributed by atoms with Gasteiger partial charge in [0, 0.05) is 16.5 Å². The number of hydrogen-bond acceptors (Lipinski definition) is 4. The van der Waals surface area contributed by atoms with Gasteiger partial charge in [-0.3, -0.25) is 14.9 Å². The van der Waals surface area contributed by atoms with Gasteiger partial charge in [-0.15, -0.1) is 0 Å². The molecule has 0 amide bonds. The van der Waals surface area contributed by atoms with E-state index in [0.29, 0.717) is 10.5 Å². The summed E-state index contributed by atoms with van der Waals surface area (Å²) in [6.45, 7) is 1.90. The molecule has 0 radical (unpaired) electrons. The molecular weight excluding hydrogens is 262 g/mol. The van der Waals surface area contributed by atoms with Crippen LogP contribution in [0.15, 0.2) is 52.3 Å². The van der Waals surface area contributed by atoms with Crippen molar-refractivity contribution in [1.82, 2.24) is 0 Å². The monoisotopic (exact) mass is 273 g/mol. The highest BCUT2D eigenvalue weighted by Gasteiger charge is 2.14. The van der Waals surface area contributed by atoms with E-state index in [-0.39, 0.29) is 5.69 Å². The number of carbonyl (C=O) groups excluding carboxylic acids is 1. The number of nitro benzene ring substituents is 1. The lowest BCUT2D eigenvalue weighted by Gasteiger charge is -2.06. The zero-order valence-electron chi connectivity index (χ0n) is 10.2. The summed E-state index contributed by atoms with van der Waals surface area (Å²) >= 11 is 1.23. The van der Waals surface area contributed by atoms with E-state index in [1.807, 2.05) is 13.0 Å². The van der Waals surface area contributed by atoms with Gasteiger partial charge in [0.2, 0.25) is 0 Å². The van der Waals surface area contributed by atoms with Crippen LogP contribution in [0.2, 0.25) is 0 Å². The Morgan fingerprint density at radius 3 is 2.58 bits per heavy atom. The lowest BCUT2D eigenvalue weighted by Crippen LogP contribution is -1.91. The number of rotatable bonds is 4. The molecule has 0 fully saturated rings. The van der Waals surface area contributed by atoms with E-state index < -0.39 is 4.92 Å². The standard InChI is InChI=1S/C14H11NO3S/c1-10-6-7-13(11(8-10)9-16)19-14-5-3-2-4-12(14)15(17)18/h2-9H,1H3. The number of nitro groups is 1. The summed E-state index contributed by atoms with van der Waals surface area (Å²) in [6, 6.07) is 11.9. The molecule has 0 heterocycles. The van der Waals surface area contributed by atoms with E-state index in [1.165, 1.54) is 17.8 Å². The molecule has 5 heteroatoms. The fraction of sp³-hybridized carbons (Fsp3) is 0.0714. The second kappa shape index (κ2) is 5.67. The van der Waals surface area contributed by atoms with Gasteiger partial charge in [-0.05, 0) is 25.1 Å². The van der Waals surface area contributed by atoms with Gasteiger partial charge in [-0.1, -0.05) is 35.5 Å². The van der Waals surface area contributed by atoms with Gasteiger partial charge in [0.05, 0.1) is 9.82 Å². The van der Waals surface area contributed by atoms with Crippen LogP contribution >= 0.6 is 11.8 Å². The number of carbonyl (C=O) groups is 1. The first-order chi connectivity index (χ1) is 9.11. The Kier molecular flexibility index (Phi) is 3.97. The third-order valence-electron chi connectivity index (χ3n) is 2.57. The molecule has 0 saturated heterocycles. The largest absolute Gasteiger partial charge is 0.298 e. The molecule has 0 aliphatic heterocycles. The third kappa shape index (κ3) is 3.00. The highest BCUT2D eigenvalue weighted by atomic mass is 32.2. The molecule has 0 N–H and O–H groups in total. The molecular formula is C14H11NO3S. The first kappa shape index (κ1) is 13.3. The van der Waals surface area contributed by atoms with E-state index >= 15 is 0 Å². The normalized spacial score (nSPS) is 10.2. The van der Waals surface area contributed by atoms with Crippen LogP contribution in [0, 0.1) is 17.0 Å². The molecule has 2 rings (SSSR count). The molecule has 2 aromatic rings. The predicted octanol–water partition coefficient (Wildman–Crippen LogP) is 3.87. The minimum Gasteiger partial charge on any atom is -0.298 e. The topological polar surface area (TPSA) is 60.2 Å². The van der Waals surface area contributed by atoms with Crippen molar-refractivity contribution in [3.8, 4) is 0 Å². The number of hydrogen-bond donors (Lipinski definition) is 0. The maximum absolute atomic E-state index is 11.0. The third-order valence-corrected chi connectivity index (χ3v) is 3.73.